The molecule has 74 valence electrons. The summed E-state index contributed by atoms with van der Waals surface area (Å²) >= 11 is 3.33. The lowest BCUT2D eigenvalue weighted by atomic mass is 10.4. The van der Waals surface area contributed by atoms with Gasteiger partial charge >= 0.3 is 0 Å². The molecule has 3 aromatic rings. The van der Waals surface area contributed by atoms with E-state index in [-0.39, 0.29) is 0 Å². The smallest absolute Gasteiger partial charge is 0.150 e. The van der Waals surface area contributed by atoms with Crippen molar-refractivity contribution in [1.29, 1.82) is 0 Å². The highest BCUT2D eigenvalue weighted by Crippen LogP contribution is 2.33. The summed E-state index contributed by atoms with van der Waals surface area (Å²) in [5.41, 5.74) is 6.57. The minimum atomic E-state index is 0.506. The zero-order chi connectivity index (χ0) is 10.3. The molecule has 3 aromatic heterocycles. The minimum Gasteiger partial charge on any atom is -0.382 e. The number of fused-ring (bicyclic) bond motifs is 1. The Labute approximate surface area is 94.2 Å². The number of anilines is 1. The van der Waals surface area contributed by atoms with E-state index in [0.29, 0.717) is 5.82 Å². The van der Waals surface area contributed by atoms with E-state index < -0.39 is 0 Å². The molecule has 0 aliphatic rings. The van der Waals surface area contributed by atoms with Crippen molar-refractivity contribution in [3.63, 3.8) is 0 Å². The fraction of sp³-hybridized carbons (Fsp3) is 0. The summed E-state index contributed by atoms with van der Waals surface area (Å²) in [6, 6.07) is 6.03. The van der Waals surface area contributed by atoms with Crippen molar-refractivity contribution in [1.82, 2.24) is 9.97 Å². The van der Waals surface area contributed by atoms with Gasteiger partial charge < -0.3 is 5.73 Å². The highest BCUT2D eigenvalue weighted by molar-refractivity contribution is 7.25. The van der Waals surface area contributed by atoms with Crippen LogP contribution in [0.15, 0.2) is 29.8 Å². The van der Waals surface area contributed by atoms with Crippen LogP contribution in [-0.2, 0) is 0 Å². The first-order valence-corrected chi connectivity index (χ1v) is 6.09. The quantitative estimate of drug-likeness (QED) is 0.703. The van der Waals surface area contributed by atoms with Crippen LogP contribution in [0.1, 0.15) is 0 Å². The van der Waals surface area contributed by atoms with Crippen LogP contribution in [0.4, 0.5) is 5.82 Å². The van der Waals surface area contributed by atoms with Crippen LogP contribution < -0.4 is 5.73 Å². The fourth-order valence-electron chi connectivity index (χ4n) is 1.38. The van der Waals surface area contributed by atoms with E-state index in [1.54, 1.807) is 28.9 Å². The SMILES string of the molecule is Nc1nccc2sc(-c3cccs3)nc12. The highest BCUT2D eigenvalue weighted by atomic mass is 32.1. The predicted molar refractivity (Wildman–Crippen MR) is 65.1 cm³/mol. The summed E-state index contributed by atoms with van der Waals surface area (Å²) in [6.07, 6.45) is 1.72. The van der Waals surface area contributed by atoms with Gasteiger partial charge in [-0.15, -0.1) is 22.7 Å². The second kappa shape index (κ2) is 3.29. The van der Waals surface area contributed by atoms with Crippen LogP contribution in [0, 0.1) is 0 Å². The Morgan fingerprint density at radius 1 is 1.27 bits per heavy atom. The fourth-order valence-corrected chi connectivity index (χ4v) is 3.15. The molecule has 0 aliphatic carbocycles. The number of nitrogens with two attached hydrogens (primary N) is 1. The van der Waals surface area contributed by atoms with Crippen molar-refractivity contribution in [3.05, 3.63) is 29.8 Å². The molecular weight excluding hydrogens is 226 g/mol. The molecule has 3 nitrogen and oxygen atoms in total. The Morgan fingerprint density at radius 3 is 2.93 bits per heavy atom. The van der Waals surface area contributed by atoms with Crippen LogP contribution in [-0.4, -0.2) is 9.97 Å². The molecule has 0 radical (unpaired) electrons. The molecule has 3 heterocycles. The van der Waals surface area contributed by atoms with Gasteiger partial charge in [0.1, 0.15) is 10.5 Å². The number of thiazole rings is 1. The number of nitrogen functional groups attached to an aromatic ring is 1. The third-order valence-electron chi connectivity index (χ3n) is 2.07. The topological polar surface area (TPSA) is 51.8 Å². The summed E-state index contributed by atoms with van der Waals surface area (Å²) in [6.45, 7) is 0. The molecule has 0 aliphatic heterocycles. The Hall–Kier alpha value is -1.46. The van der Waals surface area contributed by atoms with Crippen LogP contribution in [0.3, 0.4) is 0 Å². The number of nitrogens with zero attached hydrogens (tertiary/aromatic N) is 2. The molecular formula is C10H7N3S2. The van der Waals surface area contributed by atoms with Crippen molar-refractivity contribution in [2.75, 3.05) is 5.73 Å². The molecule has 0 saturated carbocycles. The van der Waals surface area contributed by atoms with Gasteiger partial charge in [-0.3, -0.25) is 0 Å². The molecule has 0 atom stereocenters. The highest BCUT2D eigenvalue weighted by Gasteiger charge is 2.08. The molecule has 0 spiro atoms. The van der Waals surface area contributed by atoms with E-state index in [1.165, 1.54) is 4.88 Å². The van der Waals surface area contributed by atoms with Gasteiger partial charge in [0, 0.05) is 6.20 Å². The van der Waals surface area contributed by atoms with E-state index >= 15 is 0 Å². The van der Waals surface area contributed by atoms with Crippen LogP contribution in [0.2, 0.25) is 0 Å². The molecule has 0 amide bonds. The lowest BCUT2D eigenvalue weighted by molar-refractivity contribution is 1.35. The second-order valence-corrected chi connectivity index (χ2v) is 5.02. The van der Waals surface area contributed by atoms with Crippen molar-refractivity contribution >= 4 is 38.7 Å². The zero-order valence-corrected chi connectivity index (χ0v) is 9.31. The molecule has 3 rings (SSSR count). The van der Waals surface area contributed by atoms with Gasteiger partial charge in [0.2, 0.25) is 0 Å². The largest absolute Gasteiger partial charge is 0.382 e. The van der Waals surface area contributed by atoms with Gasteiger partial charge in [0.25, 0.3) is 0 Å². The summed E-state index contributed by atoms with van der Waals surface area (Å²) in [5, 5.41) is 3.06. The first-order valence-electron chi connectivity index (χ1n) is 4.39. The van der Waals surface area contributed by atoms with Crippen molar-refractivity contribution in [2.24, 2.45) is 0 Å². The Morgan fingerprint density at radius 2 is 2.20 bits per heavy atom. The molecule has 0 bridgehead atoms. The van der Waals surface area contributed by atoms with E-state index in [9.17, 15) is 0 Å². The van der Waals surface area contributed by atoms with Gasteiger partial charge in [-0.1, -0.05) is 6.07 Å². The molecule has 5 heteroatoms. The van der Waals surface area contributed by atoms with Gasteiger partial charge in [-0.2, -0.15) is 0 Å². The van der Waals surface area contributed by atoms with Gasteiger partial charge in [0.05, 0.1) is 9.58 Å². The van der Waals surface area contributed by atoms with Crippen molar-refractivity contribution in [2.45, 2.75) is 0 Å². The van der Waals surface area contributed by atoms with E-state index in [2.05, 4.69) is 16.0 Å². The Kier molecular flexibility index (Phi) is 1.93. The maximum atomic E-state index is 5.76. The van der Waals surface area contributed by atoms with Crippen LogP contribution in [0.25, 0.3) is 20.1 Å². The normalized spacial score (nSPS) is 10.9. The molecule has 0 saturated heterocycles. The number of hydrogen-bond donors (Lipinski definition) is 1. The van der Waals surface area contributed by atoms with E-state index in [1.807, 2.05) is 17.5 Å². The molecule has 2 N–H and O–H groups in total. The average Bonchev–Trinajstić information content (AvgIpc) is 2.86. The van der Waals surface area contributed by atoms with E-state index in [4.69, 9.17) is 5.73 Å². The molecule has 0 fully saturated rings. The molecule has 0 aromatic carbocycles. The summed E-state index contributed by atoms with van der Waals surface area (Å²) < 4.78 is 1.09. The monoisotopic (exact) mass is 233 g/mol. The summed E-state index contributed by atoms with van der Waals surface area (Å²) in [4.78, 5) is 9.70. The standard InChI is InChI=1S/C10H7N3S2/c11-9-8-6(3-4-12-9)15-10(13-8)7-2-1-5-14-7/h1-5H,(H2,11,12). The zero-order valence-electron chi connectivity index (χ0n) is 7.68. The number of rotatable bonds is 1. The molecule has 15 heavy (non-hydrogen) atoms. The lowest BCUT2D eigenvalue weighted by Crippen LogP contribution is -1.89. The first kappa shape index (κ1) is 8.82. The third-order valence-corrected chi connectivity index (χ3v) is 4.13. The second-order valence-electron chi connectivity index (χ2n) is 3.04. The summed E-state index contributed by atoms with van der Waals surface area (Å²) in [5.74, 6) is 0.506. The Balaban J connectivity index is 2.27. The number of pyridine rings is 1. The predicted octanol–water partition coefficient (Wildman–Crippen LogP) is 3.00. The van der Waals surface area contributed by atoms with Gasteiger partial charge in [-0.25, -0.2) is 9.97 Å². The lowest BCUT2D eigenvalue weighted by Gasteiger charge is -1.89. The maximum absolute atomic E-state index is 5.76. The summed E-state index contributed by atoms with van der Waals surface area (Å²) in [7, 11) is 0. The van der Waals surface area contributed by atoms with Crippen LogP contribution >= 0.6 is 22.7 Å². The van der Waals surface area contributed by atoms with Gasteiger partial charge in [-0.05, 0) is 17.5 Å². The van der Waals surface area contributed by atoms with Gasteiger partial charge in [0.15, 0.2) is 5.82 Å². The van der Waals surface area contributed by atoms with Crippen molar-refractivity contribution < 1.29 is 0 Å². The van der Waals surface area contributed by atoms with Crippen LogP contribution in [0.5, 0.6) is 0 Å². The van der Waals surface area contributed by atoms with Crippen molar-refractivity contribution in [3.8, 4) is 9.88 Å². The number of hydrogen-bond acceptors (Lipinski definition) is 5. The minimum absolute atomic E-state index is 0.506. The number of aromatic nitrogens is 2. The van der Waals surface area contributed by atoms with E-state index in [0.717, 1.165) is 15.2 Å². The Bertz CT molecular complexity index is 598. The molecule has 0 unspecified atom stereocenters. The maximum Gasteiger partial charge on any atom is 0.150 e. The first-order chi connectivity index (χ1) is 7.34. The average molecular weight is 233 g/mol. The third kappa shape index (κ3) is 1.40. The number of thiophene rings is 1.